The number of rotatable bonds is 1. The van der Waals surface area contributed by atoms with Crippen LogP contribution in [0.2, 0.25) is 0 Å². The van der Waals surface area contributed by atoms with Gasteiger partial charge in [-0.1, -0.05) is 20.8 Å². The molecule has 0 saturated carbocycles. The molecule has 2 unspecified atom stereocenters. The molecule has 1 fully saturated rings. The van der Waals surface area contributed by atoms with Gasteiger partial charge in [-0.05, 0) is 18.9 Å². The van der Waals surface area contributed by atoms with Gasteiger partial charge >= 0.3 is 0 Å². The molecule has 2 rings (SSSR count). The van der Waals surface area contributed by atoms with Crippen molar-refractivity contribution < 1.29 is 4.74 Å². The van der Waals surface area contributed by atoms with E-state index in [0.717, 1.165) is 5.92 Å². The highest BCUT2D eigenvalue weighted by atomic mass is 16.6. The molecule has 1 nitrogen and oxygen atoms in total. The number of epoxide rings is 1. The molecule has 0 bridgehead atoms. The number of hydrogen-bond acceptors (Lipinski definition) is 1. The Balaban J connectivity index is 2.27. The minimum atomic E-state index is 0.165. The van der Waals surface area contributed by atoms with Crippen molar-refractivity contribution in [2.24, 2.45) is 11.8 Å². The minimum absolute atomic E-state index is 0.165. The zero-order chi connectivity index (χ0) is 8.06. The third-order valence-electron chi connectivity index (χ3n) is 3.14. The summed E-state index contributed by atoms with van der Waals surface area (Å²) in [7, 11) is 0. The van der Waals surface area contributed by atoms with E-state index >= 15 is 0 Å². The Morgan fingerprint density at radius 3 is 2.82 bits per heavy atom. The topological polar surface area (TPSA) is 12.5 Å². The van der Waals surface area contributed by atoms with Crippen LogP contribution in [0.15, 0.2) is 11.8 Å². The first-order chi connectivity index (χ1) is 5.18. The predicted octanol–water partition coefficient (Wildman–Crippen LogP) is 2.73. The lowest BCUT2D eigenvalue weighted by Gasteiger charge is -2.23. The van der Waals surface area contributed by atoms with Crippen molar-refractivity contribution in [1.29, 1.82) is 0 Å². The molecule has 1 aliphatic carbocycles. The Morgan fingerprint density at radius 1 is 1.64 bits per heavy atom. The zero-order valence-corrected chi connectivity index (χ0v) is 7.55. The molecule has 2 atom stereocenters. The second kappa shape index (κ2) is 2.02. The summed E-state index contributed by atoms with van der Waals surface area (Å²) < 4.78 is 5.70. The average Bonchev–Trinajstić information content (AvgIpc) is 2.64. The predicted molar refractivity (Wildman–Crippen MR) is 45.1 cm³/mol. The van der Waals surface area contributed by atoms with Crippen molar-refractivity contribution in [2.45, 2.75) is 39.2 Å². The SMILES string of the molecule is CC(C)C12OC1=CCCC2C. The fourth-order valence-electron chi connectivity index (χ4n) is 2.35. The van der Waals surface area contributed by atoms with Crippen LogP contribution in [0.25, 0.3) is 0 Å². The summed E-state index contributed by atoms with van der Waals surface area (Å²) in [5.74, 6) is 2.64. The largest absolute Gasteiger partial charge is 0.479 e. The van der Waals surface area contributed by atoms with Gasteiger partial charge in [-0.2, -0.15) is 0 Å². The summed E-state index contributed by atoms with van der Waals surface area (Å²) in [5, 5.41) is 0. The van der Waals surface area contributed by atoms with E-state index in [2.05, 4.69) is 26.8 Å². The van der Waals surface area contributed by atoms with Crippen LogP contribution >= 0.6 is 0 Å². The van der Waals surface area contributed by atoms with Gasteiger partial charge in [-0.3, -0.25) is 0 Å². The molecule has 62 valence electrons. The third kappa shape index (κ3) is 0.770. The third-order valence-corrected chi connectivity index (χ3v) is 3.14. The number of allylic oxidation sites excluding steroid dienone is 1. The fourth-order valence-corrected chi connectivity index (χ4v) is 2.35. The van der Waals surface area contributed by atoms with E-state index in [9.17, 15) is 0 Å². The highest BCUT2D eigenvalue weighted by Crippen LogP contribution is 2.56. The second-order valence-electron chi connectivity index (χ2n) is 4.10. The second-order valence-corrected chi connectivity index (χ2v) is 4.10. The van der Waals surface area contributed by atoms with Gasteiger partial charge in [0.25, 0.3) is 0 Å². The summed E-state index contributed by atoms with van der Waals surface area (Å²) in [5.41, 5.74) is 0.165. The standard InChI is InChI=1S/C10H16O/c1-7(2)10-8(3)5-4-6-9(10)11-10/h6-8H,4-5H2,1-3H3. The van der Waals surface area contributed by atoms with E-state index in [1.807, 2.05) is 0 Å². The molecule has 1 heteroatoms. The lowest BCUT2D eigenvalue weighted by Crippen LogP contribution is -2.29. The summed E-state index contributed by atoms with van der Waals surface area (Å²) >= 11 is 0. The molecular formula is C10H16O. The fraction of sp³-hybridized carbons (Fsp3) is 0.800. The van der Waals surface area contributed by atoms with Crippen molar-refractivity contribution in [1.82, 2.24) is 0 Å². The van der Waals surface area contributed by atoms with E-state index in [-0.39, 0.29) is 5.60 Å². The highest BCUT2D eigenvalue weighted by molar-refractivity contribution is 5.30. The van der Waals surface area contributed by atoms with Crippen LogP contribution < -0.4 is 0 Å². The summed E-state index contributed by atoms with van der Waals surface area (Å²) in [6, 6.07) is 0. The van der Waals surface area contributed by atoms with Gasteiger partial charge in [-0.15, -0.1) is 0 Å². The van der Waals surface area contributed by atoms with Gasteiger partial charge in [0.2, 0.25) is 0 Å². The maximum atomic E-state index is 5.70. The first kappa shape index (κ1) is 7.20. The highest BCUT2D eigenvalue weighted by Gasteiger charge is 2.59. The van der Waals surface area contributed by atoms with Crippen molar-refractivity contribution in [3.63, 3.8) is 0 Å². The van der Waals surface area contributed by atoms with E-state index in [4.69, 9.17) is 4.74 Å². The molecule has 0 aromatic rings. The smallest absolute Gasteiger partial charge is 0.170 e. The van der Waals surface area contributed by atoms with Crippen LogP contribution in [0.1, 0.15) is 33.6 Å². The van der Waals surface area contributed by atoms with Crippen LogP contribution in [-0.4, -0.2) is 5.60 Å². The van der Waals surface area contributed by atoms with Crippen molar-refractivity contribution >= 4 is 0 Å². The molecule has 0 spiro atoms. The molecule has 1 saturated heterocycles. The van der Waals surface area contributed by atoms with Crippen LogP contribution in [-0.2, 0) is 4.74 Å². The molecule has 2 aliphatic rings. The van der Waals surface area contributed by atoms with Crippen molar-refractivity contribution in [3.8, 4) is 0 Å². The number of fused-ring (bicyclic) bond motifs is 1. The first-order valence-corrected chi connectivity index (χ1v) is 4.57. The van der Waals surface area contributed by atoms with Crippen LogP contribution in [0.4, 0.5) is 0 Å². The molecule has 1 heterocycles. The Hall–Kier alpha value is -0.460. The van der Waals surface area contributed by atoms with E-state index in [1.54, 1.807) is 0 Å². The monoisotopic (exact) mass is 152 g/mol. The zero-order valence-electron chi connectivity index (χ0n) is 7.55. The van der Waals surface area contributed by atoms with Crippen LogP contribution in [0.3, 0.4) is 0 Å². The van der Waals surface area contributed by atoms with Gasteiger partial charge < -0.3 is 4.74 Å². The average molecular weight is 152 g/mol. The lowest BCUT2D eigenvalue weighted by molar-refractivity contribution is 0.166. The molecule has 0 radical (unpaired) electrons. The molecular weight excluding hydrogens is 136 g/mol. The van der Waals surface area contributed by atoms with E-state index in [1.165, 1.54) is 18.6 Å². The van der Waals surface area contributed by atoms with E-state index in [0.29, 0.717) is 5.92 Å². The Labute approximate surface area is 68.4 Å². The summed E-state index contributed by atoms with van der Waals surface area (Å²) in [6.07, 6.45) is 4.77. The Bertz CT molecular complexity index is 205. The van der Waals surface area contributed by atoms with Crippen molar-refractivity contribution in [3.05, 3.63) is 11.8 Å². The number of ether oxygens (including phenoxy) is 1. The maximum Gasteiger partial charge on any atom is 0.170 e. The normalized spacial score (nSPS) is 41.1. The van der Waals surface area contributed by atoms with Gasteiger partial charge in [0.05, 0.1) is 0 Å². The Morgan fingerprint density at radius 2 is 2.36 bits per heavy atom. The van der Waals surface area contributed by atoms with Crippen molar-refractivity contribution in [2.75, 3.05) is 0 Å². The minimum Gasteiger partial charge on any atom is -0.479 e. The first-order valence-electron chi connectivity index (χ1n) is 4.57. The van der Waals surface area contributed by atoms with Crippen LogP contribution in [0.5, 0.6) is 0 Å². The van der Waals surface area contributed by atoms with Gasteiger partial charge in [0, 0.05) is 11.8 Å². The van der Waals surface area contributed by atoms with Gasteiger partial charge in [0.1, 0.15) is 5.76 Å². The summed E-state index contributed by atoms with van der Waals surface area (Å²) in [4.78, 5) is 0. The van der Waals surface area contributed by atoms with Gasteiger partial charge in [-0.25, -0.2) is 0 Å². The molecule has 0 aromatic carbocycles. The lowest BCUT2D eigenvalue weighted by atomic mass is 9.78. The molecule has 0 amide bonds. The Kier molecular flexibility index (Phi) is 1.33. The molecule has 0 aromatic heterocycles. The van der Waals surface area contributed by atoms with Gasteiger partial charge in [0.15, 0.2) is 5.60 Å². The van der Waals surface area contributed by atoms with Crippen LogP contribution in [0, 0.1) is 11.8 Å². The maximum absolute atomic E-state index is 5.70. The molecule has 0 N–H and O–H groups in total. The quantitative estimate of drug-likeness (QED) is 0.526. The molecule has 1 aliphatic heterocycles. The van der Waals surface area contributed by atoms with E-state index < -0.39 is 0 Å². The molecule has 11 heavy (non-hydrogen) atoms. The number of hydrogen-bond donors (Lipinski definition) is 0. The summed E-state index contributed by atoms with van der Waals surface area (Å²) in [6.45, 7) is 6.81.